The Balaban J connectivity index is 0.000000195. The minimum atomic E-state index is -1.11. The minimum Gasteiger partial charge on any atom is -0.478 e. The molecule has 0 bridgehead atoms. The number of ether oxygens (including phenoxy) is 6. The molecule has 0 aromatic heterocycles. The van der Waals surface area contributed by atoms with Crippen molar-refractivity contribution in [3.8, 4) is 11.5 Å². The molecule has 3 fully saturated rings. The SMILES string of the molecule is CC(C)(C1CCC(OC(=O)c2ccc(C(=O)O)cc2)CC1)C1CCC(OC(=O)c2ccc(C(=O)O)cc2)CC1.O=C(O)c1ccc(C(=O)OCC2CCC(COC(=O)c3ccc(C(=O)O)cc3)CC2)cc1.O=C(O)c1ccc(C(=O)Oc2cccc(OC(=O)c3ccc(C(=O)O)cc3)c2)cc1. The van der Waals surface area contributed by atoms with Crippen LogP contribution in [0.5, 0.6) is 11.5 Å². The molecule has 0 amide bonds. The van der Waals surface area contributed by atoms with Crippen molar-refractivity contribution in [2.24, 2.45) is 29.1 Å². The molecule has 7 aromatic rings. The highest BCUT2D eigenvalue weighted by Crippen LogP contribution is 2.49. The number of hydrogen-bond acceptors (Lipinski definition) is 18. The maximum atomic E-state index is 12.5. The van der Waals surface area contributed by atoms with Gasteiger partial charge in [0.15, 0.2) is 0 Å². The third-order valence-corrected chi connectivity index (χ3v) is 18.3. The highest BCUT2D eigenvalue weighted by atomic mass is 16.6. The average molecular weight is 1380 g/mol. The van der Waals surface area contributed by atoms with Gasteiger partial charge in [-0.25, -0.2) is 57.5 Å². The third kappa shape index (κ3) is 21.6. The molecule has 3 aliphatic rings. The van der Waals surface area contributed by atoms with Crippen LogP contribution < -0.4 is 9.47 Å². The molecule has 0 saturated heterocycles. The number of aromatic carboxylic acids is 6. The van der Waals surface area contributed by atoms with E-state index in [9.17, 15) is 57.5 Å². The molecule has 0 atom stereocenters. The second kappa shape index (κ2) is 35.1. The van der Waals surface area contributed by atoms with Crippen LogP contribution in [-0.4, -0.2) is 128 Å². The van der Waals surface area contributed by atoms with Crippen molar-refractivity contribution >= 4 is 71.6 Å². The molecule has 0 radical (unpaired) electrons. The van der Waals surface area contributed by atoms with Gasteiger partial charge < -0.3 is 59.1 Å². The molecule has 0 spiro atoms. The minimum absolute atomic E-state index is 0.0387. The molecule has 3 saturated carbocycles. The van der Waals surface area contributed by atoms with Gasteiger partial charge >= 0.3 is 71.6 Å². The summed E-state index contributed by atoms with van der Waals surface area (Å²) in [5.74, 6) is -7.87. The number of hydrogen-bond donors (Lipinski definition) is 6. The number of carboxylic acid groups (broad SMARTS) is 6. The van der Waals surface area contributed by atoms with E-state index in [-0.39, 0.29) is 85.5 Å². The van der Waals surface area contributed by atoms with Crippen LogP contribution >= 0.6 is 0 Å². The standard InChI is InChI=1S/C31H36O8.C24H24O8.C22H14O8/c1-31(2,23-11-15-25(16-12-23)38-29(36)21-7-3-19(4-8-21)27(32)33)24-13-17-26(18-14-24)39-30(37)22-9-5-20(6-10-22)28(34)35;25-21(26)17-5-9-19(10-6-17)23(29)31-13-15-1-2-16(4-3-15)14-32-24(30)20-11-7-18(8-12-20)22(27)28;23-19(24)13-4-8-15(9-5-13)21(27)29-17-2-1-3-18(12-17)30-22(28)16-10-6-14(7-11-16)20(25)26/h3-10,23-26H,11-18H2,1-2H3,(H,32,33)(H,34,35);5-12,15-16H,1-4,13-14H2,(H,25,26)(H,27,28);1-12H,(H,23,24)(H,25,26). The van der Waals surface area contributed by atoms with E-state index in [1.54, 1.807) is 0 Å². The largest absolute Gasteiger partial charge is 0.478 e. The van der Waals surface area contributed by atoms with Gasteiger partial charge in [-0.2, -0.15) is 0 Å². The van der Waals surface area contributed by atoms with Crippen LogP contribution in [0.1, 0.15) is 215 Å². The van der Waals surface area contributed by atoms with E-state index in [1.807, 2.05) is 0 Å². The first-order valence-electron chi connectivity index (χ1n) is 32.5. The summed E-state index contributed by atoms with van der Waals surface area (Å²) in [5.41, 5.74) is 2.32. The van der Waals surface area contributed by atoms with Crippen LogP contribution in [0.4, 0.5) is 0 Å². The molecule has 10 rings (SSSR count). The van der Waals surface area contributed by atoms with Gasteiger partial charge in [0.2, 0.25) is 0 Å². The lowest BCUT2D eigenvalue weighted by atomic mass is 9.60. The van der Waals surface area contributed by atoms with Crippen molar-refractivity contribution in [1.82, 2.24) is 0 Å². The summed E-state index contributed by atoms with van der Waals surface area (Å²) in [4.78, 5) is 139. The molecular weight excluding hydrogens is 1310 g/mol. The molecule has 24 heteroatoms. The van der Waals surface area contributed by atoms with Crippen molar-refractivity contribution in [3.05, 3.63) is 237 Å². The number of esters is 6. The van der Waals surface area contributed by atoms with Crippen LogP contribution in [0, 0.1) is 29.1 Å². The van der Waals surface area contributed by atoms with Crippen LogP contribution in [0.3, 0.4) is 0 Å². The normalized spacial score (nSPS) is 17.7. The van der Waals surface area contributed by atoms with Gasteiger partial charge in [-0.15, -0.1) is 0 Å². The average Bonchev–Trinajstić information content (AvgIpc) is 0.800. The first kappa shape index (κ1) is 75.0. The Hall–Kier alpha value is -11.8. The van der Waals surface area contributed by atoms with E-state index in [1.165, 1.54) is 170 Å². The van der Waals surface area contributed by atoms with Gasteiger partial charge in [0.25, 0.3) is 0 Å². The summed E-state index contributed by atoms with van der Waals surface area (Å²) in [7, 11) is 0. The zero-order valence-electron chi connectivity index (χ0n) is 55.1. The molecule has 526 valence electrons. The summed E-state index contributed by atoms with van der Waals surface area (Å²) in [5, 5.41) is 53.6. The van der Waals surface area contributed by atoms with Crippen molar-refractivity contribution in [2.75, 3.05) is 13.2 Å². The monoisotopic (exact) mass is 1380 g/mol. The summed E-state index contributed by atoms with van der Waals surface area (Å²) in [6.45, 7) is 5.24. The van der Waals surface area contributed by atoms with Crippen LogP contribution in [0.15, 0.2) is 170 Å². The van der Waals surface area contributed by atoms with E-state index in [4.69, 9.17) is 59.1 Å². The van der Waals surface area contributed by atoms with E-state index >= 15 is 0 Å². The van der Waals surface area contributed by atoms with Gasteiger partial charge in [-0.05, 0) is 264 Å². The quantitative estimate of drug-likeness (QED) is 0.0208. The Morgan fingerprint density at radius 3 is 0.752 bits per heavy atom. The Morgan fingerprint density at radius 1 is 0.297 bits per heavy atom. The third-order valence-electron chi connectivity index (χ3n) is 18.3. The summed E-state index contributed by atoms with van der Waals surface area (Å²) >= 11 is 0. The predicted octanol–water partition coefficient (Wildman–Crippen LogP) is 13.7. The number of carbonyl (C=O) groups excluding carboxylic acids is 6. The number of benzene rings is 7. The first-order valence-corrected chi connectivity index (χ1v) is 32.5. The fraction of sp³-hybridized carbons (Fsp3) is 0.299. The van der Waals surface area contributed by atoms with Crippen LogP contribution in [0.25, 0.3) is 0 Å². The number of rotatable bonds is 22. The van der Waals surface area contributed by atoms with Crippen molar-refractivity contribution in [1.29, 1.82) is 0 Å². The van der Waals surface area contributed by atoms with Crippen molar-refractivity contribution in [2.45, 2.75) is 103 Å². The molecule has 0 unspecified atom stereocenters. The fourth-order valence-electron chi connectivity index (χ4n) is 12.2. The second-order valence-electron chi connectivity index (χ2n) is 25.2. The molecule has 101 heavy (non-hydrogen) atoms. The summed E-state index contributed by atoms with van der Waals surface area (Å²) in [6.07, 6.45) is 10.3. The molecule has 3 aliphatic carbocycles. The second-order valence-corrected chi connectivity index (χ2v) is 25.2. The maximum Gasteiger partial charge on any atom is 0.343 e. The molecular formula is C77H74O24. The number of carbonyl (C=O) groups is 12. The van der Waals surface area contributed by atoms with Crippen LogP contribution in [0.2, 0.25) is 0 Å². The van der Waals surface area contributed by atoms with Gasteiger partial charge in [-0.1, -0.05) is 19.9 Å². The smallest absolute Gasteiger partial charge is 0.343 e. The van der Waals surface area contributed by atoms with Crippen molar-refractivity contribution in [3.63, 3.8) is 0 Å². The lowest BCUT2D eigenvalue weighted by molar-refractivity contribution is -0.0200. The zero-order chi connectivity index (χ0) is 72.9. The molecule has 7 aromatic carbocycles. The Bertz CT molecular complexity index is 3850. The Labute approximate surface area is 579 Å². The predicted molar refractivity (Wildman–Crippen MR) is 359 cm³/mol. The lowest BCUT2D eigenvalue weighted by Gasteiger charge is -2.46. The first-order chi connectivity index (χ1) is 48.2. The molecule has 0 heterocycles. The maximum absolute atomic E-state index is 12.5. The van der Waals surface area contributed by atoms with E-state index in [2.05, 4.69) is 13.8 Å². The topological polar surface area (TPSA) is 382 Å². The van der Waals surface area contributed by atoms with Gasteiger partial charge in [-0.3, -0.25) is 0 Å². The molecule has 6 N–H and O–H groups in total. The Kier molecular flexibility index (Phi) is 26.1. The Morgan fingerprint density at radius 2 is 0.515 bits per heavy atom. The molecule has 0 aliphatic heterocycles. The summed E-state index contributed by atoms with van der Waals surface area (Å²) < 4.78 is 32.7. The van der Waals surface area contributed by atoms with Gasteiger partial charge in [0.05, 0.1) is 80.0 Å². The number of carboxylic acids is 6. The van der Waals surface area contributed by atoms with Crippen molar-refractivity contribution < 1.29 is 117 Å². The van der Waals surface area contributed by atoms with Gasteiger partial charge in [0.1, 0.15) is 23.7 Å². The summed E-state index contributed by atoms with van der Waals surface area (Å²) in [6, 6.07) is 39.1. The van der Waals surface area contributed by atoms with E-state index in [0.29, 0.717) is 47.3 Å². The van der Waals surface area contributed by atoms with E-state index < -0.39 is 71.6 Å². The molecule has 24 nitrogen and oxygen atoms in total. The van der Waals surface area contributed by atoms with E-state index in [0.717, 1.165) is 77.0 Å². The lowest BCUT2D eigenvalue weighted by Crippen LogP contribution is -2.39. The van der Waals surface area contributed by atoms with Gasteiger partial charge in [0, 0.05) is 6.07 Å². The zero-order valence-corrected chi connectivity index (χ0v) is 55.1. The highest BCUT2D eigenvalue weighted by Gasteiger charge is 2.42. The van der Waals surface area contributed by atoms with Crippen LogP contribution in [-0.2, 0) is 18.9 Å². The fourth-order valence-corrected chi connectivity index (χ4v) is 12.2. The highest BCUT2D eigenvalue weighted by molar-refractivity contribution is 5.97.